The van der Waals surface area contributed by atoms with Crippen molar-refractivity contribution in [3.05, 3.63) is 65.2 Å². The van der Waals surface area contributed by atoms with E-state index >= 15 is 0 Å². The predicted octanol–water partition coefficient (Wildman–Crippen LogP) is 2.99. The highest BCUT2D eigenvalue weighted by Gasteiger charge is 2.34. The Labute approximate surface area is 130 Å². The van der Waals surface area contributed by atoms with Gasteiger partial charge in [0.1, 0.15) is 0 Å². The number of hydrogen-bond donors (Lipinski definition) is 2. The van der Waals surface area contributed by atoms with Crippen molar-refractivity contribution in [1.82, 2.24) is 0 Å². The number of anilines is 1. The maximum Gasteiger partial charge on any atom is 0.417 e. The second-order valence-corrected chi connectivity index (χ2v) is 4.84. The fourth-order valence-corrected chi connectivity index (χ4v) is 2.03. The standard InChI is InChI=1S/C16H13F3N2O2/c17-16(18,19)13-4-2-1-3-12(13)15(23)21-11-7-5-10(6-8-11)9-14(20)22/h1-8H,9H2,(H2,20,22)(H,21,23). The molecule has 0 aliphatic carbocycles. The Balaban J connectivity index is 2.18. The molecule has 2 amide bonds. The molecule has 3 N–H and O–H groups in total. The van der Waals surface area contributed by atoms with Crippen molar-refractivity contribution in [2.75, 3.05) is 5.32 Å². The molecule has 0 aromatic heterocycles. The second-order valence-electron chi connectivity index (χ2n) is 4.84. The molecule has 0 radical (unpaired) electrons. The highest BCUT2D eigenvalue weighted by Crippen LogP contribution is 2.32. The molecule has 2 aromatic carbocycles. The van der Waals surface area contributed by atoms with Crippen LogP contribution in [0.4, 0.5) is 18.9 Å². The molecular formula is C16H13F3N2O2. The first-order valence-corrected chi connectivity index (χ1v) is 6.62. The van der Waals surface area contributed by atoms with Gasteiger partial charge in [-0.3, -0.25) is 9.59 Å². The minimum Gasteiger partial charge on any atom is -0.369 e. The van der Waals surface area contributed by atoms with Crippen LogP contribution in [0.15, 0.2) is 48.5 Å². The third kappa shape index (κ3) is 4.32. The van der Waals surface area contributed by atoms with Crippen molar-refractivity contribution in [2.24, 2.45) is 5.73 Å². The average Bonchev–Trinajstić information content (AvgIpc) is 2.48. The Morgan fingerprint density at radius 3 is 2.17 bits per heavy atom. The summed E-state index contributed by atoms with van der Waals surface area (Å²) in [6.45, 7) is 0. The summed E-state index contributed by atoms with van der Waals surface area (Å²) in [5.74, 6) is -1.36. The van der Waals surface area contributed by atoms with Crippen LogP contribution in [0.3, 0.4) is 0 Å². The Bertz CT molecular complexity index is 725. The van der Waals surface area contributed by atoms with Gasteiger partial charge in [0.05, 0.1) is 17.5 Å². The van der Waals surface area contributed by atoms with E-state index in [1.165, 1.54) is 24.3 Å². The Hall–Kier alpha value is -2.83. The van der Waals surface area contributed by atoms with Gasteiger partial charge in [-0.2, -0.15) is 13.2 Å². The molecule has 23 heavy (non-hydrogen) atoms. The van der Waals surface area contributed by atoms with Crippen molar-refractivity contribution in [2.45, 2.75) is 12.6 Å². The minimum absolute atomic E-state index is 0.0468. The zero-order valence-corrected chi connectivity index (χ0v) is 11.9. The van der Waals surface area contributed by atoms with Gasteiger partial charge in [-0.05, 0) is 29.8 Å². The molecule has 0 saturated carbocycles. The fourth-order valence-electron chi connectivity index (χ4n) is 2.03. The van der Waals surface area contributed by atoms with Gasteiger partial charge < -0.3 is 11.1 Å². The van der Waals surface area contributed by atoms with Crippen molar-refractivity contribution in [3.63, 3.8) is 0 Å². The average molecular weight is 322 g/mol. The van der Waals surface area contributed by atoms with Crippen molar-refractivity contribution in [1.29, 1.82) is 0 Å². The number of alkyl halides is 3. The van der Waals surface area contributed by atoms with Gasteiger partial charge in [0.25, 0.3) is 5.91 Å². The predicted molar refractivity (Wildman–Crippen MR) is 78.7 cm³/mol. The zero-order valence-electron chi connectivity index (χ0n) is 11.9. The van der Waals surface area contributed by atoms with Crippen LogP contribution in [-0.4, -0.2) is 11.8 Å². The molecule has 0 saturated heterocycles. The molecule has 0 aliphatic heterocycles. The highest BCUT2D eigenvalue weighted by molar-refractivity contribution is 6.05. The van der Waals surface area contributed by atoms with E-state index in [0.29, 0.717) is 11.3 Å². The number of hydrogen-bond acceptors (Lipinski definition) is 2. The molecule has 7 heteroatoms. The van der Waals surface area contributed by atoms with Gasteiger partial charge in [-0.1, -0.05) is 24.3 Å². The first-order valence-electron chi connectivity index (χ1n) is 6.62. The summed E-state index contributed by atoms with van der Waals surface area (Å²) in [6.07, 6.45) is -4.57. The molecule has 0 unspecified atom stereocenters. The van der Waals surface area contributed by atoms with Gasteiger partial charge in [0, 0.05) is 5.69 Å². The van der Waals surface area contributed by atoms with Gasteiger partial charge in [0.15, 0.2) is 0 Å². The lowest BCUT2D eigenvalue weighted by Gasteiger charge is -2.12. The Kier molecular flexibility index (Phi) is 4.68. The number of rotatable bonds is 4. The lowest BCUT2D eigenvalue weighted by molar-refractivity contribution is -0.137. The molecule has 0 spiro atoms. The van der Waals surface area contributed by atoms with Crippen LogP contribution in [0.25, 0.3) is 0 Å². The van der Waals surface area contributed by atoms with Crippen molar-refractivity contribution < 1.29 is 22.8 Å². The lowest BCUT2D eigenvalue weighted by Crippen LogP contribution is -2.18. The first kappa shape index (κ1) is 16.5. The molecule has 0 atom stereocenters. The maximum atomic E-state index is 12.9. The molecule has 120 valence electrons. The number of nitrogens with one attached hydrogen (secondary N) is 1. The quantitative estimate of drug-likeness (QED) is 0.908. The van der Waals surface area contributed by atoms with E-state index in [-0.39, 0.29) is 6.42 Å². The van der Waals surface area contributed by atoms with Gasteiger partial charge in [-0.25, -0.2) is 0 Å². The molecular weight excluding hydrogens is 309 g/mol. The van der Waals surface area contributed by atoms with Crippen LogP contribution in [0.5, 0.6) is 0 Å². The number of carbonyl (C=O) groups excluding carboxylic acids is 2. The molecule has 0 aliphatic rings. The van der Waals surface area contributed by atoms with Crippen LogP contribution in [0, 0.1) is 0 Å². The van der Waals surface area contributed by atoms with Crippen LogP contribution < -0.4 is 11.1 Å². The lowest BCUT2D eigenvalue weighted by atomic mass is 10.1. The van der Waals surface area contributed by atoms with Gasteiger partial charge >= 0.3 is 6.18 Å². The van der Waals surface area contributed by atoms with E-state index in [0.717, 1.165) is 12.1 Å². The monoisotopic (exact) mass is 322 g/mol. The van der Waals surface area contributed by atoms with E-state index < -0.39 is 29.1 Å². The SMILES string of the molecule is NC(=O)Cc1ccc(NC(=O)c2ccccc2C(F)(F)F)cc1. The molecule has 0 heterocycles. The van der Waals surface area contributed by atoms with E-state index in [2.05, 4.69) is 5.32 Å². The van der Waals surface area contributed by atoms with Gasteiger partial charge in [-0.15, -0.1) is 0 Å². The summed E-state index contributed by atoms with van der Waals surface area (Å²) in [5, 5.41) is 2.40. The normalized spacial score (nSPS) is 11.1. The summed E-state index contributed by atoms with van der Waals surface area (Å²) in [6, 6.07) is 10.7. The minimum atomic E-state index is -4.61. The fraction of sp³-hybridized carbons (Fsp3) is 0.125. The maximum absolute atomic E-state index is 12.9. The first-order chi connectivity index (χ1) is 10.8. The van der Waals surface area contributed by atoms with Crippen molar-refractivity contribution in [3.8, 4) is 0 Å². The van der Waals surface area contributed by atoms with Crippen LogP contribution >= 0.6 is 0 Å². The molecule has 4 nitrogen and oxygen atoms in total. The molecule has 0 fully saturated rings. The Morgan fingerprint density at radius 2 is 1.61 bits per heavy atom. The van der Waals surface area contributed by atoms with E-state index in [1.54, 1.807) is 12.1 Å². The number of nitrogens with two attached hydrogens (primary N) is 1. The van der Waals surface area contributed by atoms with Crippen LogP contribution in [0.1, 0.15) is 21.5 Å². The van der Waals surface area contributed by atoms with E-state index in [4.69, 9.17) is 5.73 Å². The molecule has 0 bridgehead atoms. The zero-order chi connectivity index (χ0) is 17.0. The third-order valence-corrected chi connectivity index (χ3v) is 3.07. The van der Waals surface area contributed by atoms with E-state index in [9.17, 15) is 22.8 Å². The number of carbonyl (C=O) groups is 2. The van der Waals surface area contributed by atoms with Crippen LogP contribution in [0.2, 0.25) is 0 Å². The van der Waals surface area contributed by atoms with E-state index in [1.807, 2.05) is 0 Å². The number of amides is 2. The molecule has 2 aromatic rings. The smallest absolute Gasteiger partial charge is 0.369 e. The Morgan fingerprint density at radius 1 is 1.00 bits per heavy atom. The summed E-state index contributed by atoms with van der Waals surface area (Å²) >= 11 is 0. The summed E-state index contributed by atoms with van der Waals surface area (Å²) in [7, 11) is 0. The topological polar surface area (TPSA) is 72.2 Å². The number of halogens is 3. The number of primary amides is 1. The molecule has 2 rings (SSSR count). The largest absolute Gasteiger partial charge is 0.417 e. The summed E-state index contributed by atoms with van der Waals surface area (Å²) < 4.78 is 38.7. The third-order valence-electron chi connectivity index (χ3n) is 3.07. The highest BCUT2D eigenvalue weighted by atomic mass is 19.4. The number of benzene rings is 2. The van der Waals surface area contributed by atoms with Crippen LogP contribution in [-0.2, 0) is 17.4 Å². The van der Waals surface area contributed by atoms with Crippen molar-refractivity contribution >= 4 is 17.5 Å². The van der Waals surface area contributed by atoms with Gasteiger partial charge in [0.2, 0.25) is 5.91 Å². The summed E-state index contributed by atoms with van der Waals surface area (Å²) in [4.78, 5) is 22.9. The summed E-state index contributed by atoms with van der Waals surface area (Å²) in [5.41, 5.74) is 4.57. The second kappa shape index (κ2) is 6.51.